The molecule has 0 bridgehead atoms. The molecule has 2 rings (SSSR count). The first-order chi connectivity index (χ1) is 11.7. The number of benzene rings is 1. The molecule has 1 heterocycles. The van der Waals surface area contributed by atoms with Gasteiger partial charge in [-0.1, -0.05) is 6.07 Å². The van der Waals surface area contributed by atoms with Crippen molar-refractivity contribution in [3.63, 3.8) is 0 Å². The van der Waals surface area contributed by atoms with Crippen LogP contribution in [0, 0.1) is 6.92 Å². The van der Waals surface area contributed by atoms with E-state index in [9.17, 15) is 0 Å². The third-order valence-corrected chi connectivity index (χ3v) is 4.57. The van der Waals surface area contributed by atoms with Crippen LogP contribution in [0.15, 0.2) is 28.7 Å². The van der Waals surface area contributed by atoms with Gasteiger partial charge in [0.05, 0.1) is 32.0 Å². The molecule has 6 nitrogen and oxygen atoms in total. The molecule has 2 aromatic rings. The summed E-state index contributed by atoms with van der Waals surface area (Å²) in [6, 6.07) is 5.96. The Balaban J connectivity index is 0.00000312. The number of aromatic nitrogens is 1. The predicted octanol–water partition coefficient (Wildman–Crippen LogP) is 2.99. The van der Waals surface area contributed by atoms with Crippen molar-refractivity contribution < 1.29 is 9.47 Å². The molecular weight excluding hydrogens is 451 g/mol. The summed E-state index contributed by atoms with van der Waals surface area (Å²) in [5.74, 6) is 2.27. The SMILES string of the molecule is CN=C(NCCc1ccc(OC)c(OC)c1)NCc1scnc1C.I. The Labute approximate surface area is 170 Å². The van der Waals surface area contributed by atoms with E-state index in [0.717, 1.165) is 42.7 Å². The molecule has 1 aromatic heterocycles. The summed E-state index contributed by atoms with van der Waals surface area (Å²) < 4.78 is 10.6. The van der Waals surface area contributed by atoms with Crippen molar-refractivity contribution in [1.82, 2.24) is 15.6 Å². The summed E-state index contributed by atoms with van der Waals surface area (Å²) in [5, 5.41) is 6.62. The average molecular weight is 476 g/mol. The highest BCUT2D eigenvalue weighted by atomic mass is 127. The molecule has 25 heavy (non-hydrogen) atoms. The number of nitrogens with one attached hydrogen (secondary N) is 2. The standard InChI is InChI=1S/C17H24N4O2S.HI/c1-12-16(24-11-21-12)10-20-17(18-2)19-8-7-13-5-6-14(22-3)15(9-13)23-4;/h5-6,9,11H,7-8,10H2,1-4H3,(H2,18,19,20);1H. The van der Waals surface area contributed by atoms with Crippen LogP contribution in [0.25, 0.3) is 0 Å². The molecule has 0 spiro atoms. The zero-order valence-electron chi connectivity index (χ0n) is 15.0. The highest BCUT2D eigenvalue weighted by Gasteiger charge is 2.06. The molecule has 2 N–H and O–H groups in total. The van der Waals surface area contributed by atoms with Crippen molar-refractivity contribution in [1.29, 1.82) is 0 Å². The first-order valence-corrected chi connectivity index (χ1v) is 8.60. The van der Waals surface area contributed by atoms with Crippen LogP contribution in [-0.4, -0.2) is 38.8 Å². The Bertz CT molecular complexity index is 691. The second kappa shape index (κ2) is 11.1. The summed E-state index contributed by atoms with van der Waals surface area (Å²) in [5.41, 5.74) is 4.10. The Morgan fingerprint density at radius 3 is 2.56 bits per heavy atom. The highest BCUT2D eigenvalue weighted by Crippen LogP contribution is 2.27. The third-order valence-electron chi connectivity index (χ3n) is 3.64. The fraction of sp³-hybridized carbons (Fsp3) is 0.412. The lowest BCUT2D eigenvalue weighted by molar-refractivity contribution is 0.354. The lowest BCUT2D eigenvalue weighted by Gasteiger charge is -2.12. The van der Waals surface area contributed by atoms with E-state index in [1.807, 2.05) is 30.6 Å². The number of methoxy groups -OCH3 is 2. The molecule has 138 valence electrons. The number of hydrogen-bond acceptors (Lipinski definition) is 5. The molecule has 0 aliphatic rings. The van der Waals surface area contributed by atoms with E-state index in [-0.39, 0.29) is 24.0 Å². The van der Waals surface area contributed by atoms with Gasteiger partial charge in [-0.15, -0.1) is 35.3 Å². The van der Waals surface area contributed by atoms with Gasteiger partial charge in [-0.25, -0.2) is 4.98 Å². The molecule has 0 atom stereocenters. The molecule has 1 aromatic carbocycles. The number of nitrogens with zero attached hydrogens (tertiary/aromatic N) is 2. The van der Waals surface area contributed by atoms with Crippen LogP contribution in [0.4, 0.5) is 0 Å². The van der Waals surface area contributed by atoms with Gasteiger partial charge in [-0.05, 0) is 31.0 Å². The van der Waals surface area contributed by atoms with Gasteiger partial charge in [0.1, 0.15) is 0 Å². The van der Waals surface area contributed by atoms with Gasteiger partial charge in [-0.3, -0.25) is 4.99 Å². The maximum Gasteiger partial charge on any atom is 0.191 e. The van der Waals surface area contributed by atoms with Crippen molar-refractivity contribution >= 4 is 41.3 Å². The maximum atomic E-state index is 5.33. The van der Waals surface area contributed by atoms with Gasteiger partial charge in [0.2, 0.25) is 0 Å². The van der Waals surface area contributed by atoms with Gasteiger partial charge in [-0.2, -0.15) is 0 Å². The summed E-state index contributed by atoms with van der Waals surface area (Å²) in [6.07, 6.45) is 0.862. The van der Waals surface area contributed by atoms with Crippen LogP contribution in [-0.2, 0) is 13.0 Å². The minimum atomic E-state index is 0. The predicted molar refractivity (Wildman–Crippen MR) is 114 cm³/mol. The molecule has 0 aliphatic heterocycles. The second-order valence-corrected chi connectivity index (χ2v) is 6.09. The lowest BCUT2D eigenvalue weighted by atomic mass is 10.1. The van der Waals surface area contributed by atoms with Crippen molar-refractivity contribution in [3.8, 4) is 11.5 Å². The molecule has 0 saturated carbocycles. The van der Waals surface area contributed by atoms with Crippen LogP contribution in [0.1, 0.15) is 16.1 Å². The van der Waals surface area contributed by atoms with Crippen molar-refractivity contribution in [3.05, 3.63) is 39.8 Å². The van der Waals surface area contributed by atoms with Crippen molar-refractivity contribution in [2.75, 3.05) is 27.8 Å². The molecule has 0 fully saturated rings. The van der Waals surface area contributed by atoms with Crippen molar-refractivity contribution in [2.24, 2.45) is 4.99 Å². The first-order valence-electron chi connectivity index (χ1n) is 7.72. The van der Waals surface area contributed by atoms with Gasteiger partial charge >= 0.3 is 0 Å². The van der Waals surface area contributed by atoms with Crippen LogP contribution in [0.5, 0.6) is 11.5 Å². The highest BCUT2D eigenvalue weighted by molar-refractivity contribution is 14.0. The van der Waals surface area contributed by atoms with Crippen LogP contribution in [0.2, 0.25) is 0 Å². The number of aliphatic imine (C=N–C) groups is 1. The number of halogens is 1. The Morgan fingerprint density at radius 2 is 1.96 bits per heavy atom. The zero-order valence-corrected chi connectivity index (χ0v) is 18.1. The number of hydrogen-bond donors (Lipinski definition) is 2. The fourth-order valence-electron chi connectivity index (χ4n) is 2.24. The maximum absolute atomic E-state index is 5.33. The number of ether oxygens (including phenoxy) is 2. The molecule has 8 heteroatoms. The van der Waals surface area contributed by atoms with E-state index in [4.69, 9.17) is 9.47 Å². The third kappa shape index (κ3) is 6.35. The summed E-state index contributed by atoms with van der Waals surface area (Å²) in [4.78, 5) is 9.71. The summed E-state index contributed by atoms with van der Waals surface area (Å²) >= 11 is 1.65. The van der Waals surface area contributed by atoms with Crippen LogP contribution >= 0.6 is 35.3 Å². The largest absolute Gasteiger partial charge is 0.493 e. The quantitative estimate of drug-likeness (QED) is 0.366. The van der Waals surface area contributed by atoms with E-state index in [1.165, 1.54) is 10.4 Å². The molecular formula is C17H25IN4O2S. The average Bonchev–Trinajstić information content (AvgIpc) is 3.02. The molecule has 0 radical (unpaired) electrons. The van der Waals surface area contributed by atoms with Gasteiger partial charge < -0.3 is 20.1 Å². The summed E-state index contributed by atoms with van der Waals surface area (Å²) in [7, 11) is 5.05. The molecule has 0 saturated heterocycles. The topological polar surface area (TPSA) is 67.8 Å². The Morgan fingerprint density at radius 1 is 1.20 bits per heavy atom. The molecule has 0 aliphatic carbocycles. The zero-order chi connectivity index (χ0) is 17.4. The van der Waals surface area contributed by atoms with E-state index in [1.54, 1.807) is 32.6 Å². The van der Waals surface area contributed by atoms with E-state index in [2.05, 4.69) is 20.6 Å². The summed E-state index contributed by atoms with van der Waals surface area (Å²) in [6.45, 7) is 3.52. The number of guanidine groups is 1. The fourth-order valence-corrected chi connectivity index (χ4v) is 2.96. The minimum absolute atomic E-state index is 0. The number of thiazole rings is 1. The normalized spacial score (nSPS) is 10.8. The van der Waals surface area contributed by atoms with Crippen molar-refractivity contribution in [2.45, 2.75) is 19.9 Å². The van der Waals surface area contributed by atoms with E-state index < -0.39 is 0 Å². The van der Waals surface area contributed by atoms with E-state index >= 15 is 0 Å². The number of aryl methyl sites for hydroxylation is 1. The Hall–Kier alpha value is -1.55. The van der Waals surface area contributed by atoms with Gasteiger partial charge in [0.25, 0.3) is 0 Å². The minimum Gasteiger partial charge on any atom is -0.493 e. The monoisotopic (exact) mass is 476 g/mol. The van der Waals surface area contributed by atoms with Crippen LogP contribution in [0.3, 0.4) is 0 Å². The Kier molecular flexibility index (Phi) is 9.58. The van der Waals surface area contributed by atoms with Crippen LogP contribution < -0.4 is 20.1 Å². The van der Waals surface area contributed by atoms with E-state index in [0.29, 0.717) is 0 Å². The number of rotatable bonds is 7. The van der Waals surface area contributed by atoms with Gasteiger partial charge in [0, 0.05) is 18.5 Å². The smallest absolute Gasteiger partial charge is 0.191 e. The molecule has 0 unspecified atom stereocenters. The second-order valence-electron chi connectivity index (χ2n) is 5.15. The first kappa shape index (κ1) is 21.5. The van der Waals surface area contributed by atoms with Gasteiger partial charge in [0.15, 0.2) is 17.5 Å². The lowest BCUT2D eigenvalue weighted by Crippen LogP contribution is -2.37. The molecule has 0 amide bonds.